The summed E-state index contributed by atoms with van der Waals surface area (Å²) in [6.45, 7) is 1.49. The van der Waals surface area contributed by atoms with Gasteiger partial charge in [0.25, 0.3) is 5.91 Å². The Hall–Kier alpha value is -1.89. The Labute approximate surface area is 129 Å². The first-order valence-corrected chi connectivity index (χ1v) is 8.94. The molecule has 0 bridgehead atoms. The number of para-hydroxylation sites is 1. The quantitative estimate of drug-likeness (QED) is 0.826. The Morgan fingerprint density at radius 2 is 2.00 bits per heavy atom. The van der Waals surface area contributed by atoms with Crippen molar-refractivity contribution in [1.82, 2.24) is 0 Å². The average Bonchev–Trinajstić information content (AvgIpc) is 2.78. The third-order valence-corrected chi connectivity index (χ3v) is 5.34. The van der Waals surface area contributed by atoms with Gasteiger partial charge in [-0.3, -0.25) is 9.59 Å². The SMILES string of the molecule is C[C@H](OC(=O)C[C@H]1CCS(=O)(=O)C1)C(=O)Nc1ccccc1. The van der Waals surface area contributed by atoms with Crippen molar-refractivity contribution in [2.45, 2.75) is 25.9 Å². The lowest BCUT2D eigenvalue weighted by molar-refractivity contribution is -0.153. The lowest BCUT2D eigenvalue weighted by atomic mass is 10.1. The minimum Gasteiger partial charge on any atom is -0.453 e. The van der Waals surface area contributed by atoms with E-state index in [4.69, 9.17) is 4.74 Å². The van der Waals surface area contributed by atoms with E-state index in [1.807, 2.05) is 6.07 Å². The maximum absolute atomic E-state index is 11.9. The topological polar surface area (TPSA) is 89.5 Å². The van der Waals surface area contributed by atoms with Gasteiger partial charge in [0.1, 0.15) is 0 Å². The third kappa shape index (κ3) is 4.84. The van der Waals surface area contributed by atoms with E-state index in [1.54, 1.807) is 24.3 Å². The molecule has 0 spiro atoms. The largest absolute Gasteiger partial charge is 0.453 e. The molecule has 1 aliphatic rings. The molecule has 1 N–H and O–H groups in total. The van der Waals surface area contributed by atoms with Gasteiger partial charge in [-0.05, 0) is 31.4 Å². The third-order valence-electron chi connectivity index (χ3n) is 3.50. The molecule has 7 heteroatoms. The number of carbonyl (C=O) groups excluding carboxylic acids is 2. The molecular weight excluding hydrogens is 306 g/mol. The molecule has 1 heterocycles. The zero-order chi connectivity index (χ0) is 16.2. The summed E-state index contributed by atoms with van der Waals surface area (Å²) < 4.78 is 27.7. The first-order chi connectivity index (χ1) is 10.4. The molecule has 1 aromatic carbocycles. The highest BCUT2D eigenvalue weighted by atomic mass is 32.2. The van der Waals surface area contributed by atoms with Gasteiger partial charge >= 0.3 is 5.97 Å². The fraction of sp³-hybridized carbons (Fsp3) is 0.467. The number of rotatable bonds is 5. The number of esters is 1. The highest BCUT2D eigenvalue weighted by Crippen LogP contribution is 2.22. The molecule has 0 radical (unpaired) electrons. The summed E-state index contributed by atoms with van der Waals surface area (Å²) in [4.78, 5) is 23.7. The van der Waals surface area contributed by atoms with E-state index in [9.17, 15) is 18.0 Å². The first kappa shape index (κ1) is 16.5. The average molecular weight is 325 g/mol. The van der Waals surface area contributed by atoms with Crippen molar-refractivity contribution in [2.24, 2.45) is 5.92 Å². The van der Waals surface area contributed by atoms with Crippen molar-refractivity contribution in [2.75, 3.05) is 16.8 Å². The summed E-state index contributed by atoms with van der Waals surface area (Å²) in [5, 5.41) is 2.64. The number of hydrogen-bond donors (Lipinski definition) is 1. The maximum atomic E-state index is 11.9. The number of carbonyl (C=O) groups is 2. The zero-order valence-corrected chi connectivity index (χ0v) is 13.1. The normalized spacial score (nSPS) is 21.0. The van der Waals surface area contributed by atoms with Gasteiger partial charge in [-0.15, -0.1) is 0 Å². The minimum atomic E-state index is -3.01. The number of hydrogen-bond acceptors (Lipinski definition) is 5. The Morgan fingerprint density at radius 3 is 2.59 bits per heavy atom. The van der Waals surface area contributed by atoms with Crippen molar-refractivity contribution in [3.8, 4) is 0 Å². The molecular formula is C15H19NO5S. The van der Waals surface area contributed by atoms with Gasteiger partial charge in [-0.25, -0.2) is 8.42 Å². The van der Waals surface area contributed by atoms with Crippen LogP contribution in [0.5, 0.6) is 0 Å². The fourth-order valence-electron chi connectivity index (χ4n) is 2.33. The van der Waals surface area contributed by atoms with Crippen molar-refractivity contribution in [1.29, 1.82) is 0 Å². The van der Waals surface area contributed by atoms with Gasteiger partial charge in [0.15, 0.2) is 15.9 Å². The molecule has 1 saturated heterocycles. The van der Waals surface area contributed by atoms with Gasteiger partial charge in [0.2, 0.25) is 0 Å². The Bertz CT molecular complexity index is 641. The van der Waals surface area contributed by atoms with Crippen LogP contribution in [-0.4, -0.2) is 37.9 Å². The van der Waals surface area contributed by atoms with Gasteiger partial charge in [0, 0.05) is 12.1 Å². The van der Waals surface area contributed by atoms with Gasteiger partial charge in [-0.2, -0.15) is 0 Å². The van der Waals surface area contributed by atoms with E-state index in [0.717, 1.165) is 0 Å². The number of anilines is 1. The Kier molecular flexibility index (Phi) is 5.18. The molecule has 2 atom stereocenters. The second kappa shape index (κ2) is 6.91. The number of nitrogens with one attached hydrogen (secondary N) is 1. The van der Waals surface area contributed by atoms with Crippen LogP contribution in [-0.2, 0) is 24.2 Å². The standard InChI is InChI=1S/C15H19NO5S/c1-11(15(18)16-13-5-3-2-4-6-13)21-14(17)9-12-7-8-22(19,20)10-12/h2-6,11-12H,7-10H2,1H3,(H,16,18)/t11-,12+/m0/s1. The van der Waals surface area contributed by atoms with E-state index in [2.05, 4.69) is 5.32 Å². The van der Waals surface area contributed by atoms with E-state index in [0.29, 0.717) is 12.1 Å². The van der Waals surface area contributed by atoms with Gasteiger partial charge < -0.3 is 10.1 Å². The van der Waals surface area contributed by atoms with Crippen molar-refractivity contribution < 1.29 is 22.7 Å². The van der Waals surface area contributed by atoms with Crippen LogP contribution in [0.2, 0.25) is 0 Å². The summed E-state index contributed by atoms with van der Waals surface area (Å²) in [7, 11) is -3.01. The Morgan fingerprint density at radius 1 is 1.32 bits per heavy atom. The van der Waals surface area contributed by atoms with E-state index in [-0.39, 0.29) is 23.8 Å². The number of benzene rings is 1. The summed E-state index contributed by atoms with van der Waals surface area (Å²) in [5.41, 5.74) is 0.622. The summed E-state index contributed by atoms with van der Waals surface area (Å²) in [6, 6.07) is 8.86. The van der Waals surface area contributed by atoms with E-state index < -0.39 is 27.8 Å². The minimum absolute atomic E-state index is 0.0205. The van der Waals surface area contributed by atoms with E-state index >= 15 is 0 Å². The number of amides is 1. The first-order valence-electron chi connectivity index (χ1n) is 7.11. The summed E-state index contributed by atoms with van der Waals surface area (Å²) in [6.07, 6.45) is -0.421. The van der Waals surface area contributed by atoms with E-state index in [1.165, 1.54) is 6.92 Å². The molecule has 0 aromatic heterocycles. The van der Waals surface area contributed by atoms with Gasteiger partial charge in [-0.1, -0.05) is 18.2 Å². The van der Waals surface area contributed by atoms with Crippen LogP contribution in [0.1, 0.15) is 19.8 Å². The van der Waals surface area contributed by atoms with Crippen molar-refractivity contribution in [3.05, 3.63) is 30.3 Å². The molecule has 1 amide bonds. The van der Waals surface area contributed by atoms with Crippen molar-refractivity contribution in [3.63, 3.8) is 0 Å². The lowest BCUT2D eigenvalue weighted by Crippen LogP contribution is -2.30. The smallest absolute Gasteiger partial charge is 0.306 e. The zero-order valence-electron chi connectivity index (χ0n) is 12.3. The summed E-state index contributed by atoms with van der Waals surface area (Å²) >= 11 is 0. The monoisotopic (exact) mass is 325 g/mol. The van der Waals surface area contributed by atoms with Crippen LogP contribution in [0.25, 0.3) is 0 Å². The summed E-state index contributed by atoms with van der Waals surface area (Å²) in [5.74, 6) is -1.03. The van der Waals surface area contributed by atoms with Crippen LogP contribution in [0.4, 0.5) is 5.69 Å². The van der Waals surface area contributed by atoms with Crippen LogP contribution >= 0.6 is 0 Å². The predicted molar refractivity (Wildman–Crippen MR) is 82.0 cm³/mol. The molecule has 1 fully saturated rings. The predicted octanol–water partition coefficient (Wildman–Crippen LogP) is 1.38. The highest BCUT2D eigenvalue weighted by molar-refractivity contribution is 7.91. The van der Waals surface area contributed by atoms with Gasteiger partial charge in [0.05, 0.1) is 11.5 Å². The molecule has 1 aromatic rings. The van der Waals surface area contributed by atoms with Crippen LogP contribution < -0.4 is 5.32 Å². The molecule has 0 unspecified atom stereocenters. The fourth-order valence-corrected chi connectivity index (χ4v) is 4.19. The maximum Gasteiger partial charge on any atom is 0.306 e. The molecule has 0 saturated carbocycles. The second-order valence-electron chi connectivity index (χ2n) is 5.46. The molecule has 2 rings (SSSR count). The molecule has 0 aliphatic carbocycles. The van der Waals surface area contributed by atoms with Crippen LogP contribution in [0, 0.1) is 5.92 Å². The Balaban J connectivity index is 1.80. The number of sulfone groups is 1. The number of ether oxygens (including phenoxy) is 1. The van der Waals surface area contributed by atoms with Crippen LogP contribution in [0.15, 0.2) is 30.3 Å². The lowest BCUT2D eigenvalue weighted by Gasteiger charge is -2.14. The highest BCUT2D eigenvalue weighted by Gasteiger charge is 2.30. The molecule has 22 heavy (non-hydrogen) atoms. The second-order valence-corrected chi connectivity index (χ2v) is 7.69. The van der Waals surface area contributed by atoms with Crippen LogP contribution in [0.3, 0.4) is 0 Å². The molecule has 6 nitrogen and oxygen atoms in total. The molecule has 1 aliphatic heterocycles. The molecule has 120 valence electrons. The van der Waals surface area contributed by atoms with Crippen molar-refractivity contribution >= 4 is 27.4 Å².